The van der Waals surface area contributed by atoms with Gasteiger partial charge in [0.2, 0.25) is 0 Å². The van der Waals surface area contributed by atoms with Crippen LogP contribution in [0.25, 0.3) is 11.1 Å². The number of benzene rings is 1. The third-order valence-electron chi connectivity index (χ3n) is 2.80. The molecule has 1 aromatic heterocycles. The van der Waals surface area contributed by atoms with Gasteiger partial charge in [0.1, 0.15) is 0 Å². The molecule has 4 heteroatoms. The molecule has 0 fully saturated rings. The van der Waals surface area contributed by atoms with Crippen molar-refractivity contribution in [2.24, 2.45) is 0 Å². The molecule has 0 radical (unpaired) electrons. The van der Waals surface area contributed by atoms with Crippen molar-refractivity contribution in [1.82, 2.24) is 4.57 Å². The van der Waals surface area contributed by atoms with Gasteiger partial charge in [-0.2, -0.15) is 0 Å². The molecule has 0 bridgehead atoms. The smallest absolute Gasteiger partial charge is 0.402 e. The Hall–Kier alpha value is -1.84. The molecule has 1 aliphatic rings. The van der Waals surface area contributed by atoms with Crippen molar-refractivity contribution < 1.29 is 4.42 Å². The highest BCUT2D eigenvalue weighted by atomic mass is 16.4. The fraction of sp³-hybridized carbons (Fsp3) is 0.273. The molecule has 1 aromatic carbocycles. The fourth-order valence-electron chi connectivity index (χ4n) is 2.15. The summed E-state index contributed by atoms with van der Waals surface area (Å²) in [5.41, 5.74) is 1.06. The zero-order chi connectivity index (χ0) is 10.4. The van der Waals surface area contributed by atoms with Crippen molar-refractivity contribution in [2.75, 3.05) is 0 Å². The number of aryl methyl sites for hydroxylation is 2. The second-order valence-corrected chi connectivity index (χ2v) is 3.71. The van der Waals surface area contributed by atoms with Crippen LogP contribution in [0, 0.1) is 0 Å². The third-order valence-corrected chi connectivity index (χ3v) is 2.80. The van der Waals surface area contributed by atoms with Gasteiger partial charge in [0, 0.05) is 6.54 Å². The summed E-state index contributed by atoms with van der Waals surface area (Å²) >= 11 is 0. The molecule has 76 valence electrons. The van der Waals surface area contributed by atoms with Gasteiger partial charge in [-0.25, -0.2) is 4.79 Å². The summed E-state index contributed by atoms with van der Waals surface area (Å²) in [6.45, 7) is 0.609. The Kier molecular flexibility index (Phi) is 1.59. The van der Waals surface area contributed by atoms with E-state index in [0.717, 1.165) is 23.9 Å². The van der Waals surface area contributed by atoms with Gasteiger partial charge in [-0.05, 0) is 24.5 Å². The largest absolute Gasteiger partial charge is 0.417 e. The SMILES string of the molecule is O=c1oc2cccc3c2n(c1=O)CCC3. The van der Waals surface area contributed by atoms with Crippen LogP contribution < -0.4 is 11.2 Å². The summed E-state index contributed by atoms with van der Waals surface area (Å²) in [6.07, 6.45) is 1.83. The minimum Gasteiger partial charge on any atom is -0.417 e. The Balaban J connectivity index is 2.63. The summed E-state index contributed by atoms with van der Waals surface area (Å²) in [7, 11) is 0. The maximum absolute atomic E-state index is 11.6. The Morgan fingerprint density at radius 1 is 1.27 bits per heavy atom. The van der Waals surface area contributed by atoms with Crippen LogP contribution >= 0.6 is 0 Å². The maximum Gasteiger partial charge on any atom is 0.402 e. The predicted octanol–water partition coefficient (Wildman–Crippen LogP) is 0.901. The van der Waals surface area contributed by atoms with E-state index in [1.54, 1.807) is 6.07 Å². The average Bonchev–Trinajstić information content (AvgIpc) is 2.26. The molecule has 1 aliphatic heterocycles. The van der Waals surface area contributed by atoms with Crippen LogP contribution in [0.3, 0.4) is 0 Å². The van der Waals surface area contributed by atoms with E-state index in [1.807, 2.05) is 12.1 Å². The summed E-state index contributed by atoms with van der Waals surface area (Å²) < 4.78 is 6.49. The standard InChI is InChI=1S/C11H9NO3/c13-10-11(14)15-8-5-1-3-7-4-2-6-12(10)9(7)8/h1,3,5H,2,4,6H2. The van der Waals surface area contributed by atoms with Gasteiger partial charge in [0.15, 0.2) is 5.58 Å². The number of aromatic nitrogens is 1. The van der Waals surface area contributed by atoms with Crippen LogP contribution in [0.15, 0.2) is 32.2 Å². The number of hydrogen-bond acceptors (Lipinski definition) is 3. The first-order valence-corrected chi connectivity index (χ1v) is 4.93. The third kappa shape index (κ3) is 1.08. The molecule has 0 aliphatic carbocycles. The van der Waals surface area contributed by atoms with Crippen LogP contribution in [0.4, 0.5) is 0 Å². The first-order valence-electron chi connectivity index (χ1n) is 4.93. The van der Waals surface area contributed by atoms with Gasteiger partial charge in [0.05, 0.1) is 5.52 Å². The second-order valence-electron chi connectivity index (χ2n) is 3.71. The number of para-hydroxylation sites is 1. The van der Waals surface area contributed by atoms with E-state index in [1.165, 1.54) is 4.57 Å². The van der Waals surface area contributed by atoms with E-state index < -0.39 is 11.2 Å². The van der Waals surface area contributed by atoms with Crippen molar-refractivity contribution >= 4 is 11.1 Å². The Morgan fingerprint density at radius 3 is 3.00 bits per heavy atom. The molecular weight excluding hydrogens is 194 g/mol. The molecule has 2 heterocycles. The molecule has 0 amide bonds. The Bertz CT molecular complexity index is 651. The molecule has 0 saturated carbocycles. The molecular formula is C11H9NO3. The average molecular weight is 203 g/mol. The van der Waals surface area contributed by atoms with Crippen molar-refractivity contribution in [2.45, 2.75) is 19.4 Å². The van der Waals surface area contributed by atoms with E-state index in [0.29, 0.717) is 12.1 Å². The van der Waals surface area contributed by atoms with Crippen LogP contribution in [-0.4, -0.2) is 4.57 Å². The normalized spacial score (nSPS) is 14.4. The lowest BCUT2D eigenvalue weighted by Gasteiger charge is -2.16. The Morgan fingerprint density at radius 2 is 2.13 bits per heavy atom. The van der Waals surface area contributed by atoms with Crippen LogP contribution in [-0.2, 0) is 13.0 Å². The quantitative estimate of drug-likeness (QED) is 0.598. The molecule has 0 atom stereocenters. The highest BCUT2D eigenvalue weighted by molar-refractivity contribution is 5.76. The topological polar surface area (TPSA) is 52.2 Å². The number of nitrogens with zero attached hydrogens (tertiary/aromatic N) is 1. The predicted molar refractivity (Wildman–Crippen MR) is 55.1 cm³/mol. The van der Waals surface area contributed by atoms with Crippen LogP contribution in [0.2, 0.25) is 0 Å². The lowest BCUT2D eigenvalue weighted by Crippen LogP contribution is -2.35. The minimum absolute atomic E-state index is 0.511. The summed E-state index contributed by atoms with van der Waals surface area (Å²) in [5.74, 6) is 0. The lowest BCUT2D eigenvalue weighted by molar-refractivity contribution is 0.505. The van der Waals surface area contributed by atoms with Gasteiger partial charge < -0.3 is 4.42 Å². The Labute approximate surface area is 84.8 Å². The fourth-order valence-corrected chi connectivity index (χ4v) is 2.15. The van der Waals surface area contributed by atoms with Crippen molar-refractivity contribution in [3.8, 4) is 0 Å². The van der Waals surface area contributed by atoms with Gasteiger partial charge in [0.25, 0.3) is 0 Å². The molecule has 3 rings (SSSR count). The minimum atomic E-state index is -0.776. The molecule has 15 heavy (non-hydrogen) atoms. The van der Waals surface area contributed by atoms with Crippen molar-refractivity contribution in [3.63, 3.8) is 0 Å². The van der Waals surface area contributed by atoms with Crippen LogP contribution in [0.1, 0.15) is 12.0 Å². The number of rotatable bonds is 0. The van der Waals surface area contributed by atoms with Gasteiger partial charge >= 0.3 is 11.2 Å². The van der Waals surface area contributed by atoms with Crippen molar-refractivity contribution in [3.05, 3.63) is 44.5 Å². The van der Waals surface area contributed by atoms with Crippen molar-refractivity contribution in [1.29, 1.82) is 0 Å². The highest BCUT2D eigenvalue weighted by Gasteiger charge is 2.16. The first-order chi connectivity index (χ1) is 7.27. The van der Waals surface area contributed by atoms with Crippen LogP contribution in [0.5, 0.6) is 0 Å². The maximum atomic E-state index is 11.6. The lowest BCUT2D eigenvalue weighted by atomic mass is 10.0. The summed E-state index contributed by atoms with van der Waals surface area (Å²) in [5, 5.41) is 0. The van der Waals surface area contributed by atoms with E-state index in [-0.39, 0.29) is 0 Å². The molecule has 2 aromatic rings. The zero-order valence-corrected chi connectivity index (χ0v) is 8.03. The highest BCUT2D eigenvalue weighted by Crippen LogP contribution is 2.21. The van der Waals surface area contributed by atoms with Gasteiger partial charge in [-0.3, -0.25) is 9.36 Å². The summed E-state index contributed by atoms with van der Waals surface area (Å²) in [4.78, 5) is 22.8. The molecule has 0 unspecified atom stereocenters. The second kappa shape index (κ2) is 2.82. The number of hydrogen-bond donors (Lipinski definition) is 0. The zero-order valence-electron chi connectivity index (χ0n) is 8.03. The molecule has 0 N–H and O–H groups in total. The monoisotopic (exact) mass is 203 g/mol. The first kappa shape index (κ1) is 8.47. The van der Waals surface area contributed by atoms with Gasteiger partial charge in [-0.1, -0.05) is 12.1 Å². The molecule has 4 nitrogen and oxygen atoms in total. The molecule has 0 saturated heterocycles. The van der Waals surface area contributed by atoms with Gasteiger partial charge in [-0.15, -0.1) is 0 Å². The van der Waals surface area contributed by atoms with E-state index in [2.05, 4.69) is 0 Å². The van der Waals surface area contributed by atoms with E-state index in [4.69, 9.17) is 4.42 Å². The molecule has 0 spiro atoms. The summed E-state index contributed by atoms with van der Waals surface area (Å²) in [6, 6.07) is 5.54. The van der Waals surface area contributed by atoms with E-state index >= 15 is 0 Å². The van der Waals surface area contributed by atoms with E-state index in [9.17, 15) is 9.59 Å².